The van der Waals surface area contributed by atoms with E-state index in [-0.39, 0.29) is 42.3 Å². The normalized spacial score (nSPS) is 13.8. The van der Waals surface area contributed by atoms with E-state index in [0.29, 0.717) is 25.2 Å². The molecule has 0 unspecified atom stereocenters. The Bertz CT molecular complexity index is 887. The number of carbonyl (C=O) groups excluding carboxylic acids is 2. The Morgan fingerprint density at radius 1 is 1.13 bits per heavy atom. The molecule has 0 aromatic heterocycles. The number of hydrogen-bond donors (Lipinski definition) is 2. The Kier molecular flexibility index (Phi) is 9.77. The van der Waals surface area contributed by atoms with Crippen LogP contribution in [0.2, 0.25) is 0 Å². The van der Waals surface area contributed by atoms with Crippen molar-refractivity contribution >= 4 is 41.8 Å². The number of hydrogen-bond acceptors (Lipinski definition) is 3. The van der Waals surface area contributed by atoms with Gasteiger partial charge in [-0.25, -0.2) is 4.99 Å². The van der Waals surface area contributed by atoms with Gasteiger partial charge in [0.1, 0.15) is 0 Å². The zero-order valence-corrected chi connectivity index (χ0v) is 20.3. The molecule has 3 rings (SSSR count). The van der Waals surface area contributed by atoms with Crippen LogP contribution in [0.3, 0.4) is 0 Å². The molecule has 166 valence electrons. The van der Waals surface area contributed by atoms with Gasteiger partial charge in [0.05, 0.1) is 13.1 Å². The van der Waals surface area contributed by atoms with Crippen LogP contribution in [0.4, 0.5) is 0 Å². The molecule has 1 aliphatic rings. The summed E-state index contributed by atoms with van der Waals surface area (Å²) in [7, 11) is 2.02. The van der Waals surface area contributed by atoms with Gasteiger partial charge in [-0.05, 0) is 30.2 Å². The molecule has 0 radical (unpaired) electrons. The maximum absolute atomic E-state index is 12.6. The summed E-state index contributed by atoms with van der Waals surface area (Å²) in [5.74, 6) is 0.604. The fourth-order valence-electron chi connectivity index (χ4n) is 3.32. The molecule has 0 aliphatic carbocycles. The zero-order chi connectivity index (χ0) is 21.3. The minimum atomic E-state index is -0.115. The lowest BCUT2D eigenvalue weighted by Crippen LogP contribution is -2.49. The fraction of sp³-hybridized carbons (Fsp3) is 0.348. The molecule has 0 atom stereocenters. The summed E-state index contributed by atoms with van der Waals surface area (Å²) in [4.78, 5) is 32.5. The molecule has 0 saturated carbocycles. The largest absolute Gasteiger partial charge is 0.357 e. The van der Waals surface area contributed by atoms with Gasteiger partial charge in [-0.1, -0.05) is 42.5 Å². The van der Waals surface area contributed by atoms with Crippen molar-refractivity contribution in [3.63, 3.8) is 0 Å². The number of amides is 2. The van der Waals surface area contributed by atoms with E-state index in [0.717, 1.165) is 24.6 Å². The highest BCUT2D eigenvalue weighted by Gasteiger charge is 2.22. The third-order valence-electron chi connectivity index (χ3n) is 4.90. The van der Waals surface area contributed by atoms with Crippen LogP contribution < -0.4 is 10.6 Å². The van der Waals surface area contributed by atoms with Gasteiger partial charge >= 0.3 is 0 Å². The number of rotatable bonds is 6. The standard InChI is InChI=1S/C23H29N5O2.HI/c1-3-24-23(27(2)16-19-7-5-4-6-8-19)26-15-18-9-11-20(12-10-18)22(30)28-14-13-25-21(29)17-28;/h4-12H,3,13-17H2,1-2H3,(H,24,26)(H,25,29);1H. The number of nitrogens with zero attached hydrogens (tertiary/aromatic N) is 3. The number of halogens is 1. The van der Waals surface area contributed by atoms with Gasteiger partial charge in [0.25, 0.3) is 5.91 Å². The second-order valence-electron chi connectivity index (χ2n) is 7.29. The molecule has 1 aliphatic heterocycles. The average molecular weight is 535 g/mol. The molecule has 31 heavy (non-hydrogen) atoms. The maximum atomic E-state index is 12.6. The first-order chi connectivity index (χ1) is 14.6. The van der Waals surface area contributed by atoms with E-state index in [1.165, 1.54) is 5.56 Å². The Hall–Kier alpha value is -2.62. The van der Waals surface area contributed by atoms with Crippen molar-refractivity contribution < 1.29 is 9.59 Å². The molecular formula is C23H30IN5O2. The van der Waals surface area contributed by atoms with Crippen LogP contribution in [0.15, 0.2) is 59.6 Å². The first kappa shape index (κ1) is 24.6. The van der Waals surface area contributed by atoms with Crippen molar-refractivity contribution in [2.45, 2.75) is 20.0 Å². The summed E-state index contributed by atoms with van der Waals surface area (Å²) in [6, 6.07) is 17.7. The highest BCUT2D eigenvalue weighted by molar-refractivity contribution is 14.0. The molecule has 2 aromatic carbocycles. The van der Waals surface area contributed by atoms with Crippen molar-refractivity contribution in [2.75, 3.05) is 33.2 Å². The quantitative estimate of drug-likeness (QED) is 0.339. The summed E-state index contributed by atoms with van der Waals surface area (Å²) >= 11 is 0. The molecule has 2 N–H and O–H groups in total. The number of nitrogens with one attached hydrogen (secondary N) is 2. The van der Waals surface area contributed by atoms with E-state index in [2.05, 4.69) is 27.7 Å². The second-order valence-corrected chi connectivity index (χ2v) is 7.29. The lowest BCUT2D eigenvalue weighted by Gasteiger charge is -2.26. The Balaban J connectivity index is 0.00000341. The van der Waals surface area contributed by atoms with Crippen LogP contribution in [-0.2, 0) is 17.9 Å². The number of guanidine groups is 1. The van der Waals surface area contributed by atoms with Crippen molar-refractivity contribution in [3.8, 4) is 0 Å². The van der Waals surface area contributed by atoms with Gasteiger partial charge in [0, 0.05) is 38.8 Å². The third-order valence-corrected chi connectivity index (χ3v) is 4.90. The number of piperazine rings is 1. The summed E-state index contributed by atoms with van der Waals surface area (Å²) in [5, 5.41) is 6.06. The van der Waals surface area contributed by atoms with Crippen LogP contribution in [-0.4, -0.2) is 60.8 Å². The summed E-state index contributed by atoms with van der Waals surface area (Å²) in [6.07, 6.45) is 0. The van der Waals surface area contributed by atoms with E-state index < -0.39 is 0 Å². The highest BCUT2D eigenvalue weighted by atomic mass is 127. The van der Waals surface area contributed by atoms with Crippen molar-refractivity contribution in [2.24, 2.45) is 4.99 Å². The maximum Gasteiger partial charge on any atom is 0.254 e. The molecule has 0 spiro atoms. The first-order valence-electron chi connectivity index (χ1n) is 10.2. The van der Waals surface area contributed by atoms with Gasteiger partial charge in [0.15, 0.2) is 5.96 Å². The van der Waals surface area contributed by atoms with Gasteiger partial charge in [-0.3, -0.25) is 9.59 Å². The van der Waals surface area contributed by atoms with Gasteiger partial charge in [-0.2, -0.15) is 0 Å². The molecule has 0 bridgehead atoms. The molecule has 1 fully saturated rings. The van der Waals surface area contributed by atoms with E-state index in [4.69, 9.17) is 4.99 Å². The van der Waals surface area contributed by atoms with E-state index in [1.807, 2.05) is 44.3 Å². The number of benzene rings is 2. The molecular weight excluding hydrogens is 505 g/mol. The summed E-state index contributed by atoms with van der Waals surface area (Å²) in [6.45, 7) is 5.27. The molecule has 2 aromatic rings. The predicted octanol–water partition coefficient (Wildman–Crippen LogP) is 2.47. The zero-order valence-electron chi connectivity index (χ0n) is 18.0. The first-order valence-corrected chi connectivity index (χ1v) is 10.2. The van der Waals surface area contributed by atoms with Crippen molar-refractivity contribution in [3.05, 3.63) is 71.3 Å². The van der Waals surface area contributed by atoms with Crippen LogP contribution in [0, 0.1) is 0 Å². The van der Waals surface area contributed by atoms with E-state index in [1.54, 1.807) is 17.0 Å². The van der Waals surface area contributed by atoms with E-state index in [9.17, 15) is 9.59 Å². The topological polar surface area (TPSA) is 77.0 Å². The van der Waals surface area contributed by atoms with Gasteiger partial charge < -0.3 is 20.4 Å². The Morgan fingerprint density at radius 2 is 1.84 bits per heavy atom. The van der Waals surface area contributed by atoms with Crippen LogP contribution >= 0.6 is 24.0 Å². The molecule has 1 heterocycles. The molecule has 7 nitrogen and oxygen atoms in total. The SMILES string of the molecule is CCNC(=NCc1ccc(C(=O)N2CCNC(=O)C2)cc1)N(C)Cc1ccccc1.I. The highest BCUT2D eigenvalue weighted by Crippen LogP contribution is 2.10. The molecule has 1 saturated heterocycles. The number of carbonyl (C=O) groups is 2. The van der Waals surface area contributed by atoms with Crippen LogP contribution in [0.5, 0.6) is 0 Å². The Labute approximate surface area is 200 Å². The second kappa shape index (κ2) is 12.3. The van der Waals surface area contributed by atoms with Crippen LogP contribution in [0.1, 0.15) is 28.4 Å². The lowest BCUT2D eigenvalue weighted by molar-refractivity contribution is -0.123. The predicted molar refractivity (Wildman–Crippen MR) is 133 cm³/mol. The minimum absolute atomic E-state index is 0. The fourth-order valence-corrected chi connectivity index (χ4v) is 3.32. The van der Waals surface area contributed by atoms with Crippen LogP contribution in [0.25, 0.3) is 0 Å². The monoisotopic (exact) mass is 535 g/mol. The summed E-state index contributed by atoms with van der Waals surface area (Å²) < 4.78 is 0. The summed E-state index contributed by atoms with van der Waals surface area (Å²) in [5.41, 5.74) is 2.83. The van der Waals surface area contributed by atoms with Crippen molar-refractivity contribution in [1.82, 2.24) is 20.4 Å². The average Bonchev–Trinajstić information content (AvgIpc) is 2.77. The lowest BCUT2D eigenvalue weighted by atomic mass is 10.1. The minimum Gasteiger partial charge on any atom is -0.357 e. The molecule has 8 heteroatoms. The smallest absolute Gasteiger partial charge is 0.254 e. The van der Waals surface area contributed by atoms with Crippen molar-refractivity contribution in [1.29, 1.82) is 0 Å². The molecule has 2 amide bonds. The Morgan fingerprint density at radius 3 is 2.48 bits per heavy atom. The van der Waals surface area contributed by atoms with Gasteiger partial charge in [0.2, 0.25) is 5.91 Å². The van der Waals surface area contributed by atoms with E-state index >= 15 is 0 Å². The van der Waals surface area contributed by atoms with Gasteiger partial charge in [-0.15, -0.1) is 24.0 Å². The third kappa shape index (κ3) is 7.23. The number of aliphatic imine (C=N–C) groups is 1.